The van der Waals surface area contributed by atoms with Crippen LogP contribution in [-0.2, 0) is 14.4 Å². The van der Waals surface area contributed by atoms with Crippen molar-refractivity contribution in [1.82, 2.24) is 10.2 Å². The lowest BCUT2D eigenvalue weighted by Gasteiger charge is -2.49. The Labute approximate surface area is 168 Å². The number of hydrogen-bond acceptors (Lipinski definition) is 5. The second-order valence-electron chi connectivity index (χ2n) is 5.75. The van der Waals surface area contributed by atoms with E-state index in [1.165, 1.54) is 28.4 Å². The summed E-state index contributed by atoms with van der Waals surface area (Å²) in [4.78, 5) is 37.8. The standard InChI is InChI=1S/C16H14Cl2N2O4S2/c1-7-5-26-15-12(14(22)20(15)13(7)16(23)24)19-11(21)6-25-10-4-8(17)2-3-9(10)18/h2-4,12,15H,5-6H2,1H3,(H,19,21)(H,23,24)/t12?,15-/m1/s1. The van der Waals surface area contributed by atoms with Crippen LogP contribution in [0.4, 0.5) is 0 Å². The van der Waals surface area contributed by atoms with Crippen LogP contribution in [0.1, 0.15) is 6.92 Å². The normalized spacial score (nSPS) is 22.0. The topological polar surface area (TPSA) is 86.7 Å². The maximum absolute atomic E-state index is 12.3. The van der Waals surface area contributed by atoms with Crippen molar-refractivity contribution in [2.45, 2.75) is 23.2 Å². The van der Waals surface area contributed by atoms with Crippen LogP contribution >= 0.6 is 46.7 Å². The number of rotatable bonds is 5. The van der Waals surface area contributed by atoms with Gasteiger partial charge in [0.15, 0.2) is 0 Å². The molecule has 0 bridgehead atoms. The molecule has 138 valence electrons. The molecule has 2 atom stereocenters. The third-order valence-electron chi connectivity index (χ3n) is 3.93. The fourth-order valence-electron chi connectivity index (χ4n) is 2.72. The van der Waals surface area contributed by atoms with E-state index >= 15 is 0 Å². The summed E-state index contributed by atoms with van der Waals surface area (Å²) in [5, 5.41) is 12.6. The van der Waals surface area contributed by atoms with E-state index in [9.17, 15) is 19.5 Å². The van der Waals surface area contributed by atoms with Gasteiger partial charge in [0, 0.05) is 15.7 Å². The van der Waals surface area contributed by atoms with Crippen molar-refractivity contribution in [2.75, 3.05) is 11.5 Å². The molecule has 2 heterocycles. The molecule has 1 aromatic carbocycles. The Balaban J connectivity index is 1.60. The molecule has 0 radical (unpaired) electrons. The van der Waals surface area contributed by atoms with Gasteiger partial charge in [0.2, 0.25) is 5.91 Å². The number of carboxylic acid groups (broad SMARTS) is 1. The van der Waals surface area contributed by atoms with Crippen LogP contribution in [0.25, 0.3) is 0 Å². The molecule has 10 heteroatoms. The van der Waals surface area contributed by atoms with Crippen LogP contribution in [-0.4, -0.2) is 50.7 Å². The highest BCUT2D eigenvalue weighted by Crippen LogP contribution is 2.40. The Hall–Kier alpha value is -1.35. The largest absolute Gasteiger partial charge is 0.477 e. The second-order valence-corrected chi connectivity index (χ2v) is 8.72. The van der Waals surface area contributed by atoms with E-state index in [4.69, 9.17) is 23.2 Å². The first kappa shape index (κ1) is 19.4. The first-order chi connectivity index (χ1) is 12.3. The van der Waals surface area contributed by atoms with Gasteiger partial charge in [0.25, 0.3) is 5.91 Å². The molecule has 0 aromatic heterocycles. The van der Waals surface area contributed by atoms with Gasteiger partial charge < -0.3 is 10.4 Å². The number of nitrogens with zero attached hydrogens (tertiary/aromatic N) is 1. The zero-order chi connectivity index (χ0) is 19.0. The number of β-lactam (4-membered cyclic amide) rings is 1. The predicted octanol–water partition coefficient (Wildman–Crippen LogP) is 2.84. The van der Waals surface area contributed by atoms with Gasteiger partial charge in [0.05, 0.1) is 10.8 Å². The average molecular weight is 433 g/mol. The molecule has 6 nitrogen and oxygen atoms in total. The molecule has 2 N–H and O–H groups in total. The highest BCUT2D eigenvalue weighted by molar-refractivity contribution is 8.00. The number of benzene rings is 1. The van der Waals surface area contributed by atoms with E-state index in [-0.39, 0.29) is 22.7 Å². The fraction of sp³-hybridized carbons (Fsp3) is 0.312. The molecule has 0 aliphatic carbocycles. The van der Waals surface area contributed by atoms with Crippen LogP contribution in [0.5, 0.6) is 0 Å². The number of carbonyl (C=O) groups is 3. The highest BCUT2D eigenvalue weighted by Gasteiger charge is 2.53. The summed E-state index contributed by atoms with van der Waals surface area (Å²) in [7, 11) is 0. The zero-order valence-electron chi connectivity index (χ0n) is 13.5. The Morgan fingerprint density at radius 2 is 2.15 bits per heavy atom. The lowest BCUT2D eigenvalue weighted by molar-refractivity contribution is -0.150. The van der Waals surface area contributed by atoms with Crippen molar-refractivity contribution in [1.29, 1.82) is 0 Å². The first-order valence-corrected chi connectivity index (χ1v) is 10.3. The Bertz CT molecular complexity index is 830. The predicted molar refractivity (Wildman–Crippen MR) is 103 cm³/mol. The molecule has 2 amide bonds. The molecule has 26 heavy (non-hydrogen) atoms. The van der Waals surface area contributed by atoms with Gasteiger partial charge >= 0.3 is 5.97 Å². The molecular weight excluding hydrogens is 419 g/mol. The number of carboxylic acids is 1. The highest BCUT2D eigenvalue weighted by atomic mass is 35.5. The lowest BCUT2D eigenvalue weighted by Crippen LogP contribution is -2.70. The third kappa shape index (κ3) is 3.69. The van der Waals surface area contributed by atoms with Crippen molar-refractivity contribution < 1.29 is 19.5 Å². The monoisotopic (exact) mass is 432 g/mol. The lowest BCUT2D eigenvalue weighted by atomic mass is 10.0. The second kappa shape index (κ2) is 7.72. The minimum atomic E-state index is -1.13. The van der Waals surface area contributed by atoms with Crippen molar-refractivity contribution in [3.8, 4) is 0 Å². The van der Waals surface area contributed by atoms with Gasteiger partial charge in [-0.25, -0.2) is 4.79 Å². The summed E-state index contributed by atoms with van der Waals surface area (Å²) in [6, 6.07) is 4.26. The average Bonchev–Trinajstić information content (AvgIpc) is 2.59. The molecule has 2 aliphatic heterocycles. The van der Waals surface area contributed by atoms with Gasteiger partial charge in [0.1, 0.15) is 17.1 Å². The van der Waals surface area contributed by atoms with Crippen LogP contribution in [0, 0.1) is 0 Å². The molecule has 1 fully saturated rings. The van der Waals surface area contributed by atoms with Crippen molar-refractivity contribution in [3.05, 3.63) is 39.5 Å². The van der Waals surface area contributed by atoms with Crippen LogP contribution in [0.15, 0.2) is 34.4 Å². The van der Waals surface area contributed by atoms with Crippen molar-refractivity contribution >= 4 is 64.5 Å². The zero-order valence-corrected chi connectivity index (χ0v) is 16.6. The molecule has 1 unspecified atom stereocenters. The summed E-state index contributed by atoms with van der Waals surface area (Å²) in [6.07, 6.45) is 0. The molecule has 1 aromatic rings. The molecular formula is C16H14Cl2N2O4S2. The van der Waals surface area contributed by atoms with E-state index in [0.717, 1.165) is 0 Å². The summed E-state index contributed by atoms with van der Waals surface area (Å²) in [6.45, 7) is 1.69. The number of carbonyl (C=O) groups excluding carboxylic acids is 2. The molecule has 2 aliphatic rings. The van der Waals surface area contributed by atoms with Crippen LogP contribution in [0.2, 0.25) is 10.0 Å². The van der Waals surface area contributed by atoms with E-state index in [1.807, 2.05) is 0 Å². The summed E-state index contributed by atoms with van der Waals surface area (Å²) < 4.78 is 0. The van der Waals surface area contributed by atoms with Crippen LogP contribution < -0.4 is 5.32 Å². The minimum absolute atomic E-state index is 0.0179. The maximum atomic E-state index is 12.3. The van der Waals surface area contributed by atoms with E-state index < -0.39 is 17.9 Å². The Morgan fingerprint density at radius 3 is 2.85 bits per heavy atom. The quantitative estimate of drug-likeness (QED) is 0.549. The fourth-order valence-corrected chi connectivity index (χ4v) is 5.32. The van der Waals surface area contributed by atoms with E-state index in [0.29, 0.717) is 26.3 Å². The summed E-state index contributed by atoms with van der Waals surface area (Å²) in [5.41, 5.74) is 0.660. The van der Waals surface area contributed by atoms with Gasteiger partial charge in [-0.15, -0.1) is 23.5 Å². The van der Waals surface area contributed by atoms with E-state index in [2.05, 4.69) is 5.32 Å². The molecule has 3 rings (SSSR count). The SMILES string of the molecule is CC1=C(C(=O)O)N2C(=O)C(NC(=O)CSc3cc(Cl)ccc3Cl)[C@H]2SC1. The smallest absolute Gasteiger partial charge is 0.352 e. The molecule has 0 saturated carbocycles. The van der Waals surface area contributed by atoms with Gasteiger partial charge in [-0.2, -0.15) is 0 Å². The summed E-state index contributed by atoms with van der Waals surface area (Å²) in [5.74, 6) is -1.28. The van der Waals surface area contributed by atoms with E-state index in [1.54, 1.807) is 25.1 Å². The van der Waals surface area contributed by atoms with Gasteiger partial charge in [-0.1, -0.05) is 23.2 Å². The number of aliphatic carboxylic acids is 1. The third-order valence-corrected chi connectivity index (χ3v) is 7.09. The van der Waals surface area contributed by atoms with Gasteiger partial charge in [-0.05, 0) is 30.7 Å². The minimum Gasteiger partial charge on any atom is -0.477 e. The van der Waals surface area contributed by atoms with Gasteiger partial charge in [-0.3, -0.25) is 14.5 Å². The Morgan fingerprint density at radius 1 is 1.42 bits per heavy atom. The Kier molecular flexibility index (Phi) is 5.76. The number of halogens is 2. The number of nitrogens with one attached hydrogen (secondary N) is 1. The number of hydrogen-bond donors (Lipinski definition) is 2. The number of thioether (sulfide) groups is 2. The molecule has 0 spiro atoms. The first-order valence-electron chi connectivity index (χ1n) is 7.54. The summed E-state index contributed by atoms with van der Waals surface area (Å²) >= 11 is 14.6. The van der Waals surface area contributed by atoms with Crippen molar-refractivity contribution in [2.24, 2.45) is 0 Å². The molecule has 1 saturated heterocycles. The van der Waals surface area contributed by atoms with Crippen molar-refractivity contribution in [3.63, 3.8) is 0 Å². The maximum Gasteiger partial charge on any atom is 0.352 e. The number of amides is 2. The number of fused-ring (bicyclic) bond motifs is 1. The van der Waals surface area contributed by atoms with Crippen LogP contribution in [0.3, 0.4) is 0 Å².